The van der Waals surface area contributed by atoms with E-state index >= 15 is 0 Å². The van der Waals surface area contributed by atoms with Gasteiger partial charge in [-0.25, -0.2) is 0 Å². The zero-order chi connectivity index (χ0) is 13.9. The molecule has 2 aromatic carbocycles. The summed E-state index contributed by atoms with van der Waals surface area (Å²) < 4.78 is 0. The maximum atomic E-state index is 9.84. The molecule has 2 heteroatoms. The zero-order valence-corrected chi connectivity index (χ0v) is 12.1. The molecule has 0 aliphatic heterocycles. The Morgan fingerprint density at radius 3 is 2.47 bits per heavy atom. The molecule has 1 atom stereocenters. The lowest BCUT2D eigenvalue weighted by atomic mass is 9.78. The van der Waals surface area contributed by atoms with E-state index < -0.39 is 0 Å². The highest BCUT2D eigenvalue weighted by molar-refractivity contribution is 6.31. The number of aryl methyl sites for hydroxylation is 1. The van der Waals surface area contributed by atoms with Gasteiger partial charge in [-0.15, -0.1) is 0 Å². The molecule has 0 spiro atoms. The lowest BCUT2D eigenvalue weighted by Crippen LogP contribution is -2.30. The van der Waals surface area contributed by atoms with Crippen molar-refractivity contribution in [3.63, 3.8) is 0 Å². The number of hydrogen-bond donors (Lipinski definition) is 1. The van der Waals surface area contributed by atoms with E-state index in [2.05, 4.69) is 38.1 Å². The van der Waals surface area contributed by atoms with E-state index in [1.165, 1.54) is 11.1 Å². The lowest BCUT2D eigenvalue weighted by Gasteiger charge is -2.29. The number of aliphatic hydroxyl groups is 1. The fourth-order valence-electron chi connectivity index (χ4n) is 2.46. The van der Waals surface area contributed by atoms with Crippen molar-refractivity contribution in [2.45, 2.75) is 25.7 Å². The first kappa shape index (κ1) is 14.1. The topological polar surface area (TPSA) is 20.2 Å². The normalized spacial score (nSPS) is 14.1. The molecule has 0 amide bonds. The van der Waals surface area contributed by atoms with E-state index in [4.69, 9.17) is 11.6 Å². The zero-order valence-electron chi connectivity index (χ0n) is 11.4. The minimum atomic E-state index is -0.355. The maximum absolute atomic E-state index is 9.84. The second kappa shape index (κ2) is 5.77. The molecule has 0 saturated heterocycles. The lowest BCUT2D eigenvalue weighted by molar-refractivity contribution is 0.205. The van der Waals surface area contributed by atoms with Gasteiger partial charge in [0, 0.05) is 10.4 Å². The summed E-state index contributed by atoms with van der Waals surface area (Å²) in [6, 6.07) is 16.1. The maximum Gasteiger partial charge on any atom is 0.0529 e. The van der Waals surface area contributed by atoms with Crippen LogP contribution < -0.4 is 0 Å². The minimum Gasteiger partial charge on any atom is -0.395 e. The van der Waals surface area contributed by atoms with Gasteiger partial charge in [-0.1, -0.05) is 66.6 Å². The van der Waals surface area contributed by atoms with Crippen LogP contribution in [0.2, 0.25) is 5.02 Å². The third-order valence-electron chi connectivity index (χ3n) is 3.55. The molecule has 19 heavy (non-hydrogen) atoms. The highest BCUT2D eigenvalue weighted by Crippen LogP contribution is 2.33. The fourth-order valence-corrected chi connectivity index (χ4v) is 2.82. The van der Waals surface area contributed by atoms with Gasteiger partial charge in [0.05, 0.1) is 6.61 Å². The van der Waals surface area contributed by atoms with Crippen LogP contribution in [-0.2, 0) is 11.8 Å². The van der Waals surface area contributed by atoms with Crippen molar-refractivity contribution in [2.75, 3.05) is 6.61 Å². The van der Waals surface area contributed by atoms with Crippen molar-refractivity contribution in [2.24, 2.45) is 0 Å². The summed E-state index contributed by atoms with van der Waals surface area (Å²) in [5.74, 6) is 0. The van der Waals surface area contributed by atoms with E-state index in [0.29, 0.717) is 5.02 Å². The summed E-state index contributed by atoms with van der Waals surface area (Å²) in [7, 11) is 0. The van der Waals surface area contributed by atoms with Crippen LogP contribution in [0.25, 0.3) is 0 Å². The summed E-state index contributed by atoms with van der Waals surface area (Å²) in [6.07, 6.45) is 0.773. The first-order chi connectivity index (χ1) is 9.05. The minimum absolute atomic E-state index is 0.0741. The highest BCUT2D eigenvalue weighted by atomic mass is 35.5. The Bertz CT molecular complexity index is 565. The Hall–Kier alpha value is -1.31. The monoisotopic (exact) mass is 274 g/mol. The molecule has 100 valence electrons. The molecule has 1 N–H and O–H groups in total. The number of aliphatic hydroxyl groups excluding tert-OH is 1. The molecule has 0 aliphatic rings. The number of hydrogen-bond acceptors (Lipinski definition) is 1. The van der Waals surface area contributed by atoms with E-state index in [1.54, 1.807) is 0 Å². The summed E-state index contributed by atoms with van der Waals surface area (Å²) >= 11 is 6.27. The predicted molar refractivity (Wildman–Crippen MR) is 80.8 cm³/mol. The Morgan fingerprint density at radius 1 is 1.11 bits per heavy atom. The smallest absolute Gasteiger partial charge is 0.0529 e. The van der Waals surface area contributed by atoms with Crippen LogP contribution in [0.3, 0.4) is 0 Å². The second-order valence-corrected chi connectivity index (χ2v) is 5.77. The number of halogens is 1. The van der Waals surface area contributed by atoms with Crippen molar-refractivity contribution < 1.29 is 5.11 Å². The molecule has 0 heterocycles. The van der Waals surface area contributed by atoms with Gasteiger partial charge in [-0.3, -0.25) is 0 Å². The van der Waals surface area contributed by atoms with Crippen LogP contribution in [0.4, 0.5) is 0 Å². The van der Waals surface area contributed by atoms with Crippen LogP contribution in [0.1, 0.15) is 23.6 Å². The largest absolute Gasteiger partial charge is 0.395 e. The fraction of sp³-hybridized carbons (Fsp3) is 0.294. The van der Waals surface area contributed by atoms with Crippen molar-refractivity contribution in [1.29, 1.82) is 0 Å². The summed E-state index contributed by atoms with van der Waals surface area (Å²) in [6.45, 7) is 4.20. The molecule has 1 nitrogen and oxygen atoms in total. The van der Waals surface area contributed by atoms with Gasteiger partial charge in [0.2, 0.25) is 0 Å². The highest BCUT2D eigenvalue weighted by Gasteiger charge is 2.28. The average molecular weight is 275 g/mol. The van der Waals surface area contributed by atoms with Crippen LogP contribution in [0, 0.1) is 6.92 Å². The van der Waals surface area contributed by atoms with Gasteiger partial charge in [-0.2, -0.15) is 0 Å². The van der Waals surface area contributed by atoms with Crippen LogP contribution in [0.5, 0.6) is 0 Å². The Kier molecular flexibility index (Phi) is 4.28. The number of benzene rings is 2. The quantitative estimate of drug-likeness (QED) is 0.888. The van der Waals surface area contributed by atoms with E-state index in [1.807, 2.05) is 24.3 Å². The molecule has 2 rings (SSSR count). The van der Waals surface area contributed by atoms with Crippen molar-refractivity contribution in [3.8, 4) is 0 Å². The van der Waals surface area contributed by atoms with Crippen LogP contribution in [-0.4, -0.2) is 11.7 Å². The van der Waals surface area contributed by atoms with E-state index in [9.17, 15) is 5.11 Å². The first-order valence-electron chi connectivity index (χ1n) is 6.46. The molecule has 0 aliphatic carbocycles. The van der Waals surface area contributed by atoms with Crippen molar-refractivity contribution in [1.82, 2.24) is 0 Å². The van der Waals surface area contributed by atoms with E-state index in [-0.39, 0.29) is 12.0 Å². The third kappa shape index (κ3) is 3.17. The molecule has 0 bridgehead atoms. The molecular formula is C17H19ClO. The SMILES string of the molecule is Cc1cccc(CC(C)(CO)c2ccccc2Cl)c1. The molecule has 0 saturated carbocycles. The average Bonchev–Trinajstić information content (AvgIpc) is 2.39. The van der Waals surface area contributed by atoms with Gasteiger partial charge in [-0.05, 0) is 30.5 Å². The predicted octanol–water partition coefficient (Wildman–Crippen LogP) is 4.14. The Labute approximate surface area is 119 Å². The first-order valence-corrected chi connectivity index (χ1v) is 6.84. The molecule has 0 aromatic heterocycles. The van der Waals surface area contributed by atoms with Crippen LogP contribution >= 0.6 is 11.6 Å². The van der Waals surface area contributed by atoms with E-state index in [0.717, 1.165) is 12.0 Å². The summed E-state index contributed by atoms with van der Waals surface area (Å²) in [4.78, 5) is 0. The Morgan fingerprint density at radius 2 is 1.84 bits per heavy atom. The summed E-state index contributed by atoms with van der Waals surface area (Å²) in [5.41, 5.74) is 3.10. The second-order valence-electron chi connectivity index (χ2n) is 5.36. The molecule has 1 unspecified atom stereocenters. The van der Waals surface area contributed by atoms with Gasteiger partial charge < -0.3 is 5.11 Å². The third-order valence-corrected chi connectivity index (χ3v) is 3.88. The van der Waals surface area contributed by atoms with Gasteiger partial charge in [0.25, 0.3) is 0 Å². The number of rotatable bonds is 4. The molecule has 2 aromatic rings. The van der Waals surface area contributed by atoms with Crippen molar-refractivity contribution >= 4 is 11.6 Å². The molecular weight excluding hydrogens is 256 g/mol. The van der Waals surface area contributed by atoms with Gasteiger partial charge in [0.1, 0.15) is 0 Å². The van der Waals surface area contributed by atoms with Crippen molar-refractivity contribution in [3.05, 3.63) is 70.2 Å². The standard InChI is InChI=1S/C17H19ClO/c1-13-6-5-7-14(10-13)11-17(2,12-19)15-8-3-4-9-16(15)18/h3-10,19H,11-12H2,1-2H3. The van der Waals surface area contributed by atoms with Gasteiger partial charge >= 0.3 is 0 Å². The Balaban J connectivity index is 2.36. The summed E-state index contributed by atoms with van der Waals surface area (Å²) in [5, 5.41) is 10.5. The molecule has 0 radical (unpaired) electrons. The van der Waals surface area contributed by atoms with Gasteiger partial charge in [0.15, 0.2) is 0 Å². The molecule has 0 fully saturated rings. The van der Waals surface area contributed by atoms with Crippen LogP contribution in [0.15, 0.2) is 48.5 Å².